The lowest BCUT2D eigenvalue weighted by atomic mass is 9.97. The van der Waals surface area contributed by atoms with Crippen LogP contribution in [-0.2, 0) is 6.18 Å². The minimum absolute atomic E-state index is 0.258. The minimum atomic E-state index is -4.32. The van der Waals surface area contributed by atoms with E-state index in [1.54, 1.807) is 14.0 Å². The Morgan fingerprint density at radius 2 is 1.80 bits per heavy atom. The molecule has 0 aliphatic heterocycles. The van der Waals surface area contributed by atoms with Gasteiger partial charge in [-0.15, -0.1) is 0 Å². The first-order valence-electron chi connectivity index (χ1n) is 6.24. The molecule has 0 aliphatic rings. The Morgan fingerprint density at radius 3 is 2.25 bits per heavy atom. The SMILES string of the molecule is CNC(c1ccc(C)o1)c1ccc(C(F)(F)F)cc1C. The molecule has 1 N–H and O–H groups in total. The monoisotopic (exact) mass is 283 g/mol. The van der Waals surface area contributed by atoms with Crippen LogP contribution in [0.5, 0.6) is 0 Å². The second-order valence-corrected chi connectivity index (χ2v) is 4.74. The number of nitrogens with one attached hydrogen (secondary N) is 1. The molecule has 0 aliphatic carbocycles. The summed E-state index contributed by atoms with van der Waals surface area (Å²) < 4.78 is 43.6. The smallest absolute Gasteiger partial charge is 0.416 e. The topological polar surface area (TPSA) is 25.2 Å². The fourth-order valence-electron chi connectivity index (χ4n) is 2.24. The second-order valence-electron chi connectivity index (χ2n) is 4.74. The molecule has 108 valence electrons. The minimum Gasteiger partial charge on any atom is -0.464 e. The zero-order chi connectivity index (χ0) is 14.9. The van der Waals surface area contributed by atoms with E-state index in [0.717, 1.165) is 23.5 Å². The maximum atomic E-state index is 12.7. The zero-order valence-electron chi connectivity index (χ0n) is 11.5. The van der Waals surface area contributed by atoms with Gasteiger partial charge in [-0.1, -0.05) is 6.07 Å². The number of halogens is 3. The highest BCUT2D eigenvalue weighted by atomic mass is 19.4. The van der Waals surface area contributed by atoms with Crippen LogP contribution in [0.15, 0.2) is 34.7 Å². The van der Waals surface area contributed by atoms with Gasteiger partial charge in [0.1, 0.15) is 11.5 Å². The average Bonchev–Trinajstić information content (AvgIpc) is 2.77. The van der Waals surface area contributed by atoms with Gasteiger partial charge in [-0.2, -0.15) is 13.2 Å². The van der Waals surface area contributed by atoms with Crippen LogP contribution in [0, 0.1) is 13.8 Å². The van der Waals surface area contributed by atoms with E-state index in [0.29, 0.717) is 11.3 Å². The summed E-state index contributed by atoms with van der Waals surface area (Å²) in [6.45, 7) is 3.50. The fourth-order valence-corrected chi connectivity index (χ4v) is 2.24. The third-order valence-corrected chi connectivity index (χ3v) is 3.24. The van der Waals surface area contributed by atoms with Crippen LogP contribution < -0.4 is 5.32 Å². The van der Waals surface area contributed by atoms with Crippen molar-refractivity contribution in [3.8, 4) is 0 Å². The van der Waals surface area contributed by atoms with Crippen molar-refractivity contribution in [2.75, 3.05) is 7.05 Å². The largest absolute Gasteiger partial charge is 0.464 e. The van der Waals surface area contributed by atoms with Crippen LogP contribution >= 0.6 is 0 Å². The first-order valence-corrected chi connectivity index (χ1v) is 6.24. The van der Waals surface area contributed by atoms with Crippen molar-refractivity contribution in [3.63, 3.8) is 0 Å². The van der Waals surface area contributed by atoms with Crippen molar-refractivity contribution in [1.29, 1.82) is 0 Å². The van der Waals surface area contributed by atoms with Gasteiger partial charge in [-0.25, -0.2) is 0 Å². The Labute approximate surface area is 115 Å². The molecule has 1 atom stereocenters. The standard InChI is InChI=1S/C15H16F3NO/c1-9-8-11(15(16,17)18)5-6-12(9)14(19-3)13-7-4-10(2)20-13/h4-8,14,19H,1-3H3. The third-order valence-electron chi connectivity index (χ3n) is 3.24. The van der Waals surface area contributed by atoms with Crippen molar-refractivity contribution >= 4 is 0 Å². The highest BCUT2D eigenvalue weighted by Gasteiger charge is 2.31. The van der Waals surface area contributed by atoms with E-state index in [4.69, 9.17) is 4.42 Å². The van der Waals surface area contributed by atoms with E-state index in [1.165, 1.54) is 6.07 Å². The summed E-state index contributed by atoms with van der Waals surface area (Å²) in [7, 11) is 1.75. The molecule has 1 aromatic heterocycles. The maximum Gasteiger partial charge on any atom is 0.416 e. The summed E-state index contributed by atoms with van der Waals surface area (Å²) in [5.74, 6) is 1.46. The number of rotatable bonds is 3. The van der Waals surface area contributed by atoms with E-state index < -0.39 is 11.7 Å². The predicted molar refractivity (Wildman–Crippen MR) is 70.5 cm³/mol. The molecule has 0 saturated heterocycles. The molecular formula is C15H16F3NO. The number of alkyl halides is 3. The first-order chi connectivity index (χ1) is 9.32. The highest BCUT2D eigenvalue weighted by molar-refractivity contribution is 5.38. The fraction of sp³-hybridized carbons (Fsp3) is 0.333. The van der Waals surface area contributed by atoms with Gasteiger partial charge in [-0.3, -0.25) is 0 Å². The number of aryl methyl sites for hydroxylation is 2. The van der Waals surface area contributed by atoms with Crippen LogP contribution in [-0.4, -0.2) is 7.05 Å². The lowest BCUT2D eigenvalue weighted by Crippen LogP contribution is -2.18. The molecule has 2 rings (SSSR count). The van der Waals surface area contributed by atoms with E-state index in [2.05, 4.69) is 5.32 Å². The number of furan rings is 1. The van der Waals surface area contributed by atoms with Crippen molar-refractivity contribution in [2.24, 2.45) is 0 Å². The van der Waals surface area contributed by atoms with Crippen LogP contribution in [0.4, 0.5) is 13.2 Å². The van der Waals surface area contributed by atoms with Gasteiger partial charge in [0.25, 0.3) is 0 Å². The molecule has 0 fully saturated rings. The molecule has 2 aromatic rings. The molecule has 0 radical (unpaired) electrons. The number of hydrogen-bond acceptors (Lipinski definition) is 2. The molecular weight excluding hydrogens is 267 g/mol. The highest BCUT2D eigenvalue weighted by Crippen LogP contribution is 2.33. The molecule has 0 bridgehead atoms. The maximum absolute atomic E-state index is 12.7. The Morgan fingerprint density at radius 1 is 1.10 bits per heavy atom. The van der Waals surface area contributed by atoms with E-state index >= 15 is 0 Å². The van der Waals surface area contributed by atoms with Gasteiger partial charge in [-0.05, 0) is 56.3 Å². The van der Waals surface area contributed by atoms with E-state index in [-0.39, 0.29) is 6.04 Å². The Bertz CT molecular complexity index is 601. The van der Waals surface area contributed by atoms with Crippen molar-refractivity contribution in [1.82, 2.24) is 5.32 Å². The van der Waals surface area contributed by atoms with Gasteiger partial charge >= 0.3 is 6.18 Å². The zero-order valence-corrected chi connectivity index (χ0v) is 11.5. The Kier molecular flexibility index (Phi) is 3.90. The van der Waals surface area contributed by atoms with Gasteiger partial charge in [0.2, 0.25) is 0 Å². The second kappa shape index (κ2) is 5.32. The lowest BCUT2D eigenvalue weighted by Gasteiger charge is -2.18. The van der Waals surface area contributed by atoms with Gasteiger partial charge < -0.3 is 9.73 Å². The first kappa shape index (κ1) is 14.7. The average molecular weight is 283 g/mol. The van der Waals surface area contributed by atoms with Crippen LogP contribution in [0.1, 0.15) is 34.3 Å². The van der Waals surface area contributed by atoms with Gasteiger partial charge in [0, 0.05) is 0 Å². The van der Waals surface area contributed by atoms with Crippen molar-refractivity contribution in [3.05, 3.63) is 58.5 Å². The predicted octanol–water partition coefficient (Wildman–Crippen LogP) is 4.22. The third kappa shape index (κ3) is 2.88. The summed E-state index contributed by atoms with van der Waals surface area (Å²) >= 11 is 0. The summed E-state index contributed by atoms with van der Waals surface area (Å²) in [4.78, 5) is 0. The summed E-state index contributed by atoms with van der Waals surface area (Å²) in [6, 6.07) is 7.16. The molecule has 0 amide bonds. The van der Waals surface area contributed by atoms with Gasteiger partial charge in [0.15, 0.2) is 0 Å². The lowest BCUT2D eigenvalue weighted by molar-refractivity contribution is -0.137. The van der Waals surface area contributed by atoms with E-state index in [1.807, 2.05) is 19.1 Å². The normalized spacial score (nSPS) is 13.5. The van der Waals surface area contributed by atoms with Crippen LogP contribution in [0.3, 0.4) is 0 Å². The molecule has 2 nitrogen and oxygen atoms in total. The summed E-state index contributed by atoms with van der Waals surface area (Å²) in [5.41, 5.74) is 0.715. The van der Waals surface area contributed by atoms with Crippen LogP contribution in [0.2, 0.25) is 0 Å². The molecule has 1 unspecified atom stereocenters. The van der Waals surface area contributed by atoms with Crippen molar-refractivity contribution in [2.45, 2.75) is 26.1 Å². The van der Waals surface area contributed by atoms with Crippen LogP contribution in [0.25, 0.3) is 0 Å². The number of hydrogen-bond donors (Lipinski definition) is 1. The molecule has 1 aromatic carbocycles. The number of benzene rings is 1. The quantitative estimate of drug-likeness (QED) is 0.912. The van der Waals surface area contributed by atoms with Gasteiger partial charge in [0.05, 0.1) is 11.6 Å². The molecule has 0 spiro atoms. The Hall–Kier alpha value is -1.75. The molecule has 0 saturated carbocycles. The Balaban J connectivity index is 2.41. The molecule has 20 heavy (non-hydrogen) atoms. The summed E-state index contributed by atoms with van der Waals surface area (Å²) in [6.07, 6.45) is -4.32. The van der Waals surface area contributed by atoms with E-state index in [9.17, 15) is 13.2 Å². The van der Waals surface area contributed by atoms with Crippen molar-refractivity contribution < 1.29 is 17.6 Å². The summed E-state index contributed by atoms with van der Waals surface area (Å²) in [5, 5.41) is 3.07. The molecule has 1 heterocycles. The molecule has 5 heteroatoms.